The van der Waals surface area contributed by atoms with Crippen molar-refractivity contribution in [3.8, 4) is 0 Å². The van der Waals surface area contributed by atoms with Crippen LogP contribution in [0.25, 0.3) is 0 Å². The Morgan fingerprint density at radius 3 is 2.18 bits per heavy atom. The summed E-state index contributed by atoms with van der Waals surface area (Å²) < 4.78 is 65.0. The highest BCUT2D eigenvalue weighted by Crippen LogP contribution is 2.33. The molecule has 2 rings (SSSR count). The summed E-state index contributed by atoms with van der Waals surface area (Å²) in [5, 5.41) is 0. The van der Waals surface area contributed by atoms with Gasteiger partial charge in [-0.25, -0.2) is 8.42 Å². The van der Waals surface area contributed by atoms with Crippen LogP contribution in [-0.2, 0) is 16.2 Å². The van der Waals surface area contributed by atoms with Crippen molar-refractivity contribution in [1.29, 1.82) is 0 Å². The van der Waals surface area contributed by atoms with E-state index >= 15 is 0 Å². The average molecular weight is 394 g/mol. The molecule has 118 valence electrons. The summed E-state index contributed by atoms with van der Waals surface area (Å²) in [4.78, 5) is -0.463. The fourth-order valence-corrected chi connectivity index (χ4v) is 3.49. The van der Waals surface area contributed by atoms with Crippen molar-refractivity contribution in [3.05, 3.63) is 58.1 Å². The van der Waals surface area contributed by atoms with Crippen molar-refractivity contribution >= 4 is 31.6 Å². The van der Waals surface area contributed by atoms with E-state index in [1.54, 1.807) is 12.1 Å². The zero-order chi connectivity index (χ0) is 16.5. The molecule has 2 aromatic rings. The van der Waals surface area contributed by atoms with Gasteiger partial charge in [0.15, 0.2) is 0 Å². The lowest BCUT2D eigenvalue weighted by Crippen LogP contribution is -2.14. The first-order valence-electron chi connectivity index (χ1n) is 6.05. The number of anilines is 1. The van der Waals surface area contributed by atoms with Gasteiger partial charge in [0.05, 0.1) is 10.5 Å². The molecular formula is C14H11BrF3NO2S. The van der Waals surface area contributed by atoms with Crippen molar-refractivity contribution < 1.29 is 21.6 Å². The van der Waals surface area contributed by atoms with Crippen LogP contribution in [0.4, 0.5) is 18.9 Å². The maximum absolute atomic E-state index is 12.8. The van der Waals surface area contributed by atoms with Gasteiger partial charge in [-0.2, -0.15) is 13.2 Å². The van der Waals surface area contributed by atoms with Gasteiger partial charge in [0, 0.05) is 10.2 Å². The highest BCUT2D eigenvalue weighted by atomic mass is 79.9. The number of hydrogen-bond donors (Lipinski definition) is 1. The lowest BCUT2D eigenvalue weighted by molar-refractivity contribution is -0.137. The van der Waals surface area contributed by atoms with Crippen LogP contribution in [0, 0.1) is 6.92 Å². The number of nitrogens with one attached hydrogen (secondary N) is 1. The van der Waals surface area contributed by atoms with Crippen molar-refractivity contribution in [2.24, 2.45) is 0 Å². The van der Waals surface area contributed by atoms with Crippen molar-refractivity contribution in [1.82, 2.24) is 0 Å². The number of alkyl halides is 3. The quantitative estimate of drug-likeness (QED) is 0.829. The number of aryl methyl sites for hydroxylation is 1. The third-order valence-corrected chi connectivity index (χ3v) is 4.63. The second kappa shape index (κ2) is 5.92. The Bertz CT molecular complexity index is 787. The molecule has 1 N–H and O–H groups in total. The van der Waals surface area contributed by atoms with Gasteiger partial charge in [0.25, 0.3) is 10.0 Å². The van der Waals surface area contributed by atoms with Gasteiger partial charge in [-0.3, -0.25) is 4.72 Å². The maximum Gasteiger partial charge on any atom is 0.416 e. The molecule has 0 aliphatic rings. The number of halogens is 4. The number of hydrogen-bond acceptors (Lipinski definition) is 2. The molecule has 0 spiro atoms. The lowest BCUT2D eigenvalue weighted by atomic mass is 10.2. The SMILES string of the molecule is Cc1ccc(NS(=O)(=O)c2cc(Br)cc(C(F)(F)F)c2)cc1. The third kappa shape index (κ3) is 4.01. The normalized spacial score (nSPS) is 12.2. The van der Waals surface area contributed by atoms with Crippen LogP contribution < -0.4 is 4.72 Å². The monoisotopic (exact) mass is 393 g/mol. The smallest absolute Gasteiger partial charge is 0.280 e. The first-order valence-corrected chi connectivity index (χ1v) is 8.33. The van der Waals surface area contributed by atoms with Crippen LogP contribution in [0.2, 0.25) is 0 Å². The Balaban J connectivity index is 2.41. The molecule has 0 saturated carbocycles. The molecule has 8 heteroatoms. The standard InChI is InChI=1S/C14H11BrF3NO2S/c1-9-2-4-12(5-3-9)19-22(20,21)13-7-10(14(16,17)18)6-11(15)8-13/h2-8,19H,1H3. The van der Waals surface area contributed by atoms with Crippen LogP contribution >= 0.6 is 15.9 Å². The van der Waals surface area contributed by atoms with Gasteiger partial charge in [-0.1, -0.05) is 33.6 Å². The minimum absolute atomic E-state index is 0.0339. The first kappa shape index (κ1) is 16.8. The van der Waals surface area contributed by atoms with Crippen molar-refractivity contribution in [3.63, 3.8) is 0 Å². The molecule has 0 aliphatic carbocycles. The third-order valence-electron chi connectivity index (χ3n) is 2.81. The predicted molar refractivity (Wildman–Crippen MR) is 81.1 cm³/mol. The van der Waals surface area contributed by atoms with E-state index in [0.29, 0.717) is 6.07 Å². The van der Waals surface area contributed by atoms with Crippen molar-refractivity contribution in [2.45, 2.75) is 18.0 Å². The zero-order valence-corrected chi connectivity index (χ0v) is 13.7. The second-order valence-corrected chi connectivity index (χ2v) is 7.24. The molecular weight excluding hydrogens is 383 g/mol. The highest BCUT2D eigenvalue weighted by molar-refractivity contribution is 9.10. The Hall–Kier alpha value is -1.54. The molecule has 0 fully saturated rings. The topological polar surface area (TPSA) is 46.2 Å². The summed E-state index contributed by atoms with van der Waals surface area (Å²) in [6, 6.07) is 9.00. The maximum atomic E-state index is 12.8. The van der Waals surface area contributed by atoms with E-state index in [1.165, 1.54) is 12.1 Å². The molecule has 3 nitrogen and oxygen atoms in total. The van der Waals surface area contributed by atoms with Crippen LogP contribution in [0.15, 0.2) is 51.8 Å². The Kier molecular flexibility index (Phi) is 4.53. The van der Waals surface area contributed by atoms with Crippen molar-refractivity contribution in [2.75, 3.05) is 4.72 Å². The van der Waals surface area contributed by atoms with Gasteiger partial charge >= 0.3 is 6.18 Å². The summed E-state index contributed by atoms with van der Waals surface area (Å²) >= 11 is 2.90. The second-order valence-electron chi connectivity index (χ2n) is 4.64. The van der Waals surface area contributed by atoms with E-state index < -0.39 is 26.7 Å². The van der Waals surface area contributed by atoms with Gasteiger partial charge in [0.1, 0.15) is 0 Å². The van der Waals surface area contributed by atoms with Crippen LogP contribution in [0.5, 0.6) is 0 Å². The van der Waals surface area contributed by atoms with E-state index in [4.69, 9.17) is 0 Å². The Labute approximate surface area is 134 Å². The summed E-state index contributed by atoms with van der Waals surface area (Å²) in [5.74, 6) is 0. The highest BCUT2D eigenvalue weighted by Gasteiger charge is 2.32. The van der Waals surface area contributed by atoms with Gasteiger partial charge < -0.3 is 0 Å². The number of rotatable bonds is 3. The van der Waals surface area contributed by atoms with E-state index in [-0.39, 0.29) is 10.2 Å². The van der Waals surface area contributed by atoms with Gasteiger partial charge in [-0.05, 0) is 37.3 Å². The molecule has 2 aromatic carbocycles. The van der Waals surface area contributed by atoms with E-state index in [9.17, 15) is 21.6 Å². The summed E-state index contributed by atoms with van der Waals surface area (Å²) in [6.45, 7) is 1.84. The van der Waals surface area contributed by atoms with E-state index in [0.717, 1.165) is 17.7 Å². The van der Waals surface area contributed by atoms with E-state index in [1.807, 2.05) is 6.92 Å². The predicted octanol–water partition coefficient (Wildman–Crippen LogP) is 4.58. The van der Waals surface area contributed by atoms with Crippen LogP contribution in [0.1, 0.15) is 11.1 Å². The average Bonchev–Trinajstić information content (AvgIpc) is 2.39. The molecule has 0 aromatic heterocycles. The molecule has 0 saturated heterocycles. The fourth-order valence-electron chi connectivity index (χ4n) is 1.72. The Morgan fingerprint density at radius 2 is 1.64 bits per heavy atom. The zero-order valence-electron chi connectivity index (χ0n) is 11.3. The molecule has 0 unspecified atom stereocenters. The number of sulfonamides is 1. The van der Waals surface area contributed by atoms with Gasteiger partial charge in [-0.15, -0.1) is 0 Å². The molecule has 22 heavy (non-hydrogen) atoms. The molecule has 0 radical (unpaired) electrons. The summed E-state index contributed by atoms with van der Waals surface area (Å²) in [7, 11) is -4.11. The first-order chi connectivity index (χ1) is 10.1. The minimum Gasteiger partial charge on any atom is -0.280 e. The van der Waals surface area contributed by atoms with Gasteiger partial charge in [0.2, 0.25) is 0 Å². The summed E-state index contributed by atoms with van der Waals surface area (Å²) in [6.07, 6.45) is -4.63. The molecule has 0 bridgehead atoms. The molecule has 0 heterocycles. The van der Waals surface area contributed by atoms with E-state index in [2.05, 4.69) is 20.7 Å². The Morgan fingerprint density at radius 1 is 1.05 bits per heavy atom. The van der Waals surface area contributed by atoms with Crippen LogP contribution in [0.3, 0.4) is 0 Å². The molecule has 0 amide bonds. The minimum atomic E-state index is -4.63. The largest absolute Gasteiger partial charge is 0.416 e. The number of benzene rings is 2. The van der Waals surface area contributed by atoms with Crippen LogP contribution in [-0.4, -0.2) is 8.42 Å². The summed E-state index contributed by atoms with van der Waals surface area (Å²) in [5.41, 5.74) is 0.176. The fraction of sp³-hybridized carbons (Fsp3) is 0.143. The molecule has 0 aliphatic heterocycles. The lowest BCUT2D eigenvalue weighted by Gasteiger charge is -2.12. The molecule has 0 atom stereocenters.